The Morgan fingerprint density at radius 1 is 1.38 bits per heavy atom. The Kier molecular flexibility index (Phi) is 2.10. The minimum Gasteiger partial charge on any atom is -0.261 e. The fourth-order valence-electron chi connectivity index (χ4n) is 2.10. The molecule has 0 radical (unpaired) electrons. The molecule has 1 heteroatoms. The van der Waals surface area contributed by atoms with E-state index in [1.54, 1.807) is 5.56 Å². The van der Waals surface area contributed by atoms with E-state index in [2.05, 4.69) is 31.8 Å². The maximum Gasteiger partial charge on any atom is 0.0410 e. The van der Waals surface area contributed by atoms with Crippen molar-refractivity contribution in [1.29, 1.82) is 0 Å². The van der Waals surface area contributed by atoms with Crippen LogP contribution in [-0.2, 0) is 0 Å². The van der Waals surface area contributed by atoms with Gasteiger partial charge in [0.2, 0.25) is 0 Å². The van der Waals surface area contributed by atoms with Gasteiger partial charge in [0, 0.05) is 11.9 Å². The number of hydrogen-bond donors (Lipinski definition) is 0. The molecule has 1 aliphatic rings. The van der Waals surface area contributed by atoms with Gasteiger partial charge in [0.05, 0.1) is 0 Å². The van der Waals surface area contributed by atoms with E-state index in [1.807, 2.05) is 6.20 Å². The van der Waals surface area contributed by atoms with Gasteiger partial charge >= 0.3 is 0 Å². The lowest BCUT2D eigenvalue weighted by Crippen LogP contribution is -2.00. The summed E-state index contributed by atoms with van der Waals surface area (Å²) in [5.41, 5.74) is 4.27. The molecule has 1 heterocycles. The lowest BCUT2D eigenvalue weighted by molar-refractivity contribution is 0.817. The molecule has 2 rings (SSSR count). The number of aromatic nitrogens is 1. The van der Waals surface area contributed by atoms with Gasteiger partial charge in [-0.1, -0.05) is 13.8 Å². The van der Waals surface area contributed by atoms with E-state index < -0.39 is 0 Å². The van der Waals surface area contributed by atoms with Crippen molar-refractivity contribution >= 4 is 0 Å². The van der Waals surface area contributed by atoms with Crippen LogP contribution < -0.4 is 0 Å². The molecule has 1 fully saturated rings. The Morgan fingerprint density at radius 3 is 2.62 bits per heavy atom. The summed E-state index contributed by atoms with van der Waals surface area (Å²) in [5, 5.41) is 0. The predicted octanol–water partition coefficient (Wildman–Crippen LogP) is 3.39. The summed E-state index contributed by atoms with van der Waals surface area (Å²) in [6, 6.07) is 2.21. The van der Waals surface area contributed by atoms with Crippen LogP contribution in [0.25, 0.3) is 0 Å². The van der Waals surface area contributed by atoms with E-state index in [0.717, 1.165) is 5.92 Å². The van der Waals surface area contributed by atoms with Crippen molar-refractivity contribution in [1.82, 2.24) is 4.98 Å². The first-order chi connectivity index (χ1) is 6.20. The van der Waals surface area contributed by atoms with Crippen molar-refractivity contribution in [3.63, 3.8) is 0 Å². The second kappa shape index (κ2) is 3.13. The van der Waals surface area contributed by atoms with Gasteiger partial charge in [-0.05, 0) is 48.8 Å². The molecule has 0 aliphatic heterocycles. The average Bonchev–Trinajstić information content (AvgIpc) is 2.85. The summed E-state index contributed by atoms with van der Waals surface area (Å²) in [6.45, 7) is 6.65. The maximum absolute atomic E-state index is 4.37. The zero-order valence-corrected chi connectivity index (χ0v) is 8.67. The summed E-state index contributed by atoms with van der Waals surface area (Å²) in [7, 11) is 0. The van der Waals surface area contributed by atoms with Crippen molar-refractivity contribution in [2.45, 2.75) is 45.4 Å². The third-order valence-corrected chi connectivity index (χ3v) is 2.82. The van der Waals surface area contributed by atoms with Crippen molar-refractivity contribution < 1.29 is 0 Å². The van der Waals surface area contributed by atoms with E-state index in [-0.39, 0.29) is 0 Å². The highest BCUT2D eigenvalue weighted by Crippen LogP contribution is 2.43. The van der Waals surface area contributed by atoms with E-state index in [9.17, 15) is 0 Å². The summed E-state index contributed by atoms with van der Waals surface area (Å²) in [4.78, 5) is 4.37. The van der Waals surface area contributed by atoms with E-state index in [4.69, 9.17) is 0 Å². The Labute approximate surface area is 80.2 Å². The SMILES string of the molecule is Cc1nccc(C2CC2)c1C(C)C. The van der Waals surface area contributed by atoms with Crippen LogP contribution in [-0.4, -0.2) is 4.98 Å². The van der Waals surface area contributed by atoms with Gasteiger partial charge in [-0.25, -0.2) is 0 Å². The van der Waals surface area contributed by atoms with Crippen molar-refractivity contribution in [3.8, 4) is 0 Å². The highest BCUT2D eigenvalue weighted by molar-refractivity contribution is 5.37. The molecule has 0 unspecified atom stereocenters. The van der Waals surface area contributed by atoms with Crippen molar-refractivity contribution in [2.75, 3.05) is 0 Å². The first-order valence-electron chi connectivity index (χ1n) is 5.15. The summed E-state index contributed by atoms with van der Waals surface area (Å²) < 4.78 is 0. The molecule has 1 aliphatic carbocycles. The summed E-state index contributed by atoms with van der Waals surface area (Å²) in [5.74, 6) is 1.46. The minimum absolute atomic E-state index is 0.615. The summed E-state index contributed by atoms with van der Waals surface area (Å²) >= 11 is 0. The van der Waals surface area contributed by atoms with Crippen LogP contribution >= 0.6 is 0 Å². The molecular weight excluding hydrogens is 158 g/mol. The Hall–Kier alpha value is -0.850. The third-order valence-electron chi connectivity index (χ3n) is 2.82. The quantitative estimate of drug-likeness (QED) is 0.671. The topological polar surface area (TPSA) is 12.9 Å². The van der Waals surface area contributed by atoms with Gasteiger partial charge < -0.3 is 0 Å². The normalized spacial score (nSPS) is 16.6. The molecule has 1 aromatic rings. The smallest absolute Gasteiger partial charge is 0.0410 e. The molecule has 0 bridgehead atoms. The van der Waals surface area contributed by atoms with E-state index in [1.165, 1.54) is 24.1 Å². The number of nitrogens with zero attached hydrogens (tertiary/aromatic N) is 1. The Morgan fingerprint density at radius 2 is 2.08 bits per heavy atom. The van der Waals surface area contributed by atoms with Gasteiger partial charge in [0.1, 0.15) is 0 Å². The van der Waals surface area contributed by atoms with Crippen LogP contribution in [0.3, 0.4) is 0 Å². The Balaban J connectivity index is 2.47. The average molecular weight is 175 g/mol. The molecule has 1 nitrogen and oxygen atoms in total. The maximum atomic E-state index is 4.37. The molecule has 70 valence electrons. The minimum atomic E-state index is 0.615. The number of pyridine rings is 1. The molecule has 13 heavy (non-hydrogen) atoms. The second-order valence-electron chi connectivity index (χ2n) is 4.33. The molecule has 0 aromatic carbocycles. The van der Waals surface area contributed by atoms with E-state index >= 15 is 0 Å². The fourth-order valence-corrected chi connectivity index (χ4v) is 2.10. The zero-order chi connectivity index (χ0) is 9.42. The number of rotatable bonds is 2. The lowest BCUT2D eigenvalue weighted by Gasteiger charge is -2.14. The van der Waals surface area contributed by atoms with Gasteiger partial charge in [-0.2, -0.15) is 0 Å². The van der Waals surface area contributed by atoms with Gasteiger partial charge in [-0.15, -0.1) is 0 Å². The largest absolute Gasteiger partial charge is 0.261 e. The predicted molar refractivity (Wildman–Crippen MR) is 55.0 cm³/mol. The van der Waals surface area contributed by atoms with Crippen LogP contribution in [0.2, 0.25) is 0 Å². The summed E-state index contributed by atoms with van der Waals surface area (Å²) in [6.07, 6.45) is 4.71. The number of hydrogen-bond acceptors (Lipinski definition) is 1. The van der Waals surface area contributed by atoms with Crippen LogP contribution in [0.4, 0.5) is 0 Å². The van der Waals surface area contributed by atoms with Crippen molar-refractivity contribution in [2.24, 2.45) is 0 Å². The monoisotopic (exact) mass is 175 g/mol. The van der Waals surface area contributed by atoms with E-state index in [0.29, 0.717) is 5.92 Å². The molecule has 0 spiro atoms. The van der Waals surface area contributed by atoms with Crippen molar-refractivity contribution in [3.05, 3.63) is 29.1 Å². The molecule has 1 saturated carbocycles. The second-order valence-corrected chi connectivity index (χ2v) is 4.33. The van der Waals surface area contributed by atoms with Crippen LogP contribution in [0.5, 0.6) is 0 Å². The highest BCUT2D eigenvalue weighted by Gasteiger charge is 2.27. The van der Waals surface area contributed by atoms with Crippen LogP contribution in [0, 0.1) is 6.92 Å². The molecule has 0 amide bonds. The molecular formula is C12H17N. The number of aryl methyl sites for hydroxylation is 1. The van der Waals surface area contributed by atoms with Crippen LogP contribution in [0.15, 0.2) is 12.3 Å². The lowest BCUT2D eigenvalue weighted by atomic mass is 9.94. The van der Waals surface area contributed by atoms with Gasteiger partial charge in [-0.3, -0.25) is 4.98 Å². The van der Waals surface area contributed by atoms with Crippen LogP contribution in [0.1, 0.15) is 55.3 Å². The first-order valence-corrected chi connectivity index (χ1v) is 5.15. The molecule has 0 atom stereocenters. The molecule has 0 N–H and O–H groups in total. The highest BCUT2D eigenvalue weighted by atomic mass is 14.7. The van der Waals surface area contributed by atoms with Gasteiger partial charge in [0.15, 0.2) is 0 Å². The Bertz CT molecular complexity index is 311. The zero-order valence-electron chi connectivity index (χ0n) is 8.67. The first kappa shape index (κ1) is 8.74. The molecule has 0 saturated heterocycles. The molecule has 1 aromatic heterocycles. The third kappa shape index (κ3) is 1.60. The van der Waals surface area contributed by atoms with Gasteiger partial charge in [0.25, 0.3) is 0 Å². The fraction of sp³-hybridized carbons (Fsp3) is 0.583. The standard InChI is InChI=1S/C12H17N/c1-8(2)12-9(3)13-7-6-11(12)10-4-5-10/h6-8,10H,4-5H2,1-3H3.